The highest BCUT2D eigenvalue weighted by molar-refractivity contribution is 5.95. The van der Waals surface area contributed by atoms with Crippen LogP contribution in [0.1, 0.15) is 26.3 Å². The van der Waals surface area contributed by atoms with E-state index in [1.54, 1.807) is 6.07 Å². The highest BCUT2D eigenvalue weighted by Gasteiger charge is 2.22. The summed E-state index contributed by atoms with van der Waals surface area (Å²) in [6, 6.07) is 7.76. The van der Waals surface area contributed by atoms with Crippen LogP contribution in [0.3, 0.4) is 0 Å². The normalized spacial score (nSPS) is 15.4. The van der Waals surface area contributed by atoms with Crippen LogP contribution in [0, 0.1) is 16.7 Å². The van der Waals surface area contributed by atoms with Gasteiger partial charge in [-0.05, 0) is 18.2 Å². The fraction of sp³-hybridized carbons (Fsp3) is 0.500. The maximum absolute atomic E-state index is 12.0. The minimum absolute atomic E-state index is 0.0543. The van der Waals surface area contributed by atoms with Gasteiger partial charge in [0.05, 0.1) is 11.3 Å². The van der Waals surface area contributed by atoms with E-state index < -0.39 is 5.41 Å². The number of amides is 1. The van der Waals surface area contributed by atoms with Gasteiger partial charge in [0.2, 0.25) is 5.91 Å². The number of piperazine rings is 1. The first-order valence-corrected chi connectivity index (χ1v) is 7.23. The molecule has 1 aliphatic rings. The van der Waals surface area contributed by atoms with Crippen molar-refractivity contribution >= 4 is 17.3 Å². The molecule has 0 bridgehead atoms. The van der Waals surface area contributed by atoms with Gasteiger partial charge in [0, 0.05) is 37.3 Å². The molecule has 0 atom stereocenters. The summed E-state index contributed by atoms with van der Waals surface area (Å²) in [6.07, 6.45) is 0. The van der Waals surface area contributed by atoms with Crippen molar-refractivity contribution in [1.82, 2.24) is 5.32 Å². The Labute approximate surface area is 125 Å². The van der Waals surface area contributed by atoms with Crippen molar-refractivity contribution in [1.29, 1.82) is 5.26 Å². The minimum Gasteiger partial charge on any atom is -0.368 e. The molecule has 21 heavy (non-hydrogen) atoms. The predicted octanol–water partition coefficient (Wildman–Crippen LogP) is 1.95. The smallest absolute Gasteiger partial charge is 0.229 e. The molecule has 1 saturated heterocycles. The third-order valence-corrected chi connectivity index (χ3v) is 3.51. The van der Waals surface area contributed by atoms with E-state index >= 15 is 0 Å². The lowest BCUT2D eigenvalue weighted by molar-refractivity contribution is -0.123. The van der Waals surface area contributed by atoms with Crippen molar-refractivity contribution < 1.29 is 4.79 Å². The van der Waals surface area contributed by atoms with Crippen LogP contribution in [0.15, 0.2) is 18.2 Å². The first-order valence-electron chi connectivity index (χ1n) is 7.23. The molecule has 2 rings (SSSR count). The predicted molar refractivity (Wildman–Crippen MR) is 84.3 cm³/mol. The molecule has 0 aliphatic carbocycles. The van der Waals surface area contributed by atoms with E-state index in [-0.39, 0.29) is 5.91 Å². The van der Waals surface area contributed by atoms with Crippen molar-refractivity contribution in [2.75, 3.05) is 36.4 Å². The summed E-state index contributed by atoms with van der Waals surface area (Å²) in [5, 5.41) is 15.5. The molecule has 0 radical (unpaired) electrons. The third-order valence-electron chi connectivity index (χ3n) is 3.51. The first-order chi connectivity index (χ1) is 9.91. The summed E-state index contributed by atoms with van der Waals surface area (Å²) in [7, 11) is 0. The summed E-state index contributed by atoms with van der Waals surface area (Å²) in [5.41, 5.74) is 1.76. The molecule has 1 aliphatic heterocycles. The number of rotatable bonds is 2. The van der Waals surface area contributed by atoms with Crippen molar-refractivity contribution in [2.24, 2.45) is 5.41 Å². The molecule has 112 valence electrons. The van der Waals surface area contributed by atoms with E-state index in [1.807, 2.05) is 32.9 Å². The highest BCUT2D eigenvalue weighted by Crippen LogP contribution is 2.25. The topological polar surface area (TPSA) is 68.2 Å². The first kappa shape index (κ1) is 15.3. The Balaban J connectivity index is 2.20. The number of nitrogens with zero attached hydrogens (tertiary/aromatic N) is 2. The Morgan fingerprint density at radius 1 is 1.33 bits per heavy atom. The van der Waals surface area contributed by atoms with E-state index in [4.69, 9.17) is 0 Å². The average Bonchev–Trinajstić information content (AvgIpc) is 2.47. The second-order valence-corrected chi connectivity index (χ2v) is 6.28. The summed E-state index contributed by atoms with van der Waals surface area (Å²) >= 11 is 0. The SMILES string of the molecule is CC(C)(C)C(=O)Nc1ccc(N2CCNCC2)c(C#N)c1. The average molecular weight is 286 g/mol. The lowest BCUT2D eigenvalue weighted by Crippen LogP contribution is -2.43. The van der Waals surface area contributed by atoms with Crippen LogP contribution < -0.4 is 15.5 Å². The van der Waals surface area contributed by atoms with Gasteiger partial charge in [-0.1, -0.05) is 20.8 Å². The lowest BCUT2D eigenvalue weighted by atomic mass is 9.95. The van der Waals surface area contributed by atoms with Gasteiger partial charge in [0.15, 0.2) is 0 Å². The van der Waals surface area contributed by atoms with Gasteiger partial charge in [0.1, 0.15) is 6.07 Å². The second-order valence-electron chi connectivity index (χ2n) is 6.28. The molecule has 1 heterocycles. The van der Waals surface area contributed by atoms with Crippen LogP contribution in [-0.2, 0) is 4.79 Å². The fourth-order valence-corrected chi connectivity index (χ4v) is 2.20. The Morgan fingerprint density at radius 2 is 2.00 bits per heavy atom. The number of benzene rings is 1. The zero-order valence-electron chi connectivity index (χ0n) is 12.9. The molecule has 1 aromatic rings. The van der Waals surface area contributed by atoms with Crippen LogP contribution in [0.2, 0.25) is 0 Å². The molecule has 0 aromatic heterocycles. The number of nitrogens with one attached hydrogen (secondary N) is 2. The molecule has 1 aromatic carbocycles. The van der Waals surface area contributed by atoms with Gasteiger partial charge in [0.25, 0.3) is 0 Å². The molecule has 2 N–H and O–H groups in total. The molecule has 1 amide bonds. The zero-order chi connectivity index (χ0) is 15.5. The zero-order valence-corrected chi connectivity index (χ0v) is 12.9. The standard InChI is InChI=1S/C16H22N4O/c1-16(2,3)15(21)19-13-4-5-14(12(10-13)11-17)20-8-6-18-7-9-20/h4-5,10,18H,6-9H2,1-3H3,(H,19,21). The van der Waals surface area contributed by atoms with Crippen LogP contribution in [-0.4, -0.2) is 32.1 Å². The quantitative estimate of drug-likeness (QED) is 0.872. The third kappa shape index (κ3) is 3.73. The van der Waals surface area contributed by atoms with Crippen molar-refractivity contribution in [3.05, 3.63) is 23.8 Å². The van der Waals surface area contributed by atoms with Gasteiger partial charge in [-0.2, -0.15) is 5.26 Å². The molecule has 1 fully saturated rings. The van der Waals surface area contributed by atoms with Gasteiger partial charge in [-0.15, -0.1) is 0 Å². The monoisotopic (exact) mass is 286 g/mol. The summed E-state index contributed by atoms with van der Waals surface area (Å²) in [6.45, 7) is 9.22. The molecule has 0 spiro atoms. The van der Waals surface area contributed by atoms with Crippen molar-refractivity contribution in [3.63, 3.8) is 0 Å². The van der Waals surface area contributed by atoms with E-state index in [9.17, 15) is 10.1 Å². The van der Waals surface area contributed by atoms with Crippen LogP contribution in [0.5, 0.6) is 0 Å². The second kappa shape index (κ2) is 6.15. The maximum atomic E-state index is 12.0. The van der Waals surface area contributed by atoms with Crippen molar-refractivity contribution in [3.8, 4) is 6.07 Å². The summed E-state index contributed by atoms with van der Waals surface area (Å²) in [5.74, 6) is -0.0543. The lowest BCUT2D eigenvalue weighted by Gasteiger charge is -2.30. The Hall–Kier alpha value is -2.06. The molecular formula is C16H22N4O. The van der Waals surface area contributed by atoms with E-state index in [0.29, 0.717) is 11.3 Å². The summed E-state index contributed by atoms with van der Waals surface area (Å²) < 4.78 is 0. The minimum atomic E-state index is -0.454. The van der Waals surface area contributed by atoms with Gasteiger partial charge >= 0.3 is 0 Å². The number of hydrogen-bond donors (Lipinski definition) is 2. The van der Waals surface area contributed by atoms with Crippen molar-refractivity contribution in [2.45, 2.75) is 20.8 Å². The molecule has 0 saturated carbocycles. The van der Waals surface area contributed by atoms with E-state index in [0.717, 1.165) is 31.9 Å². The van der Waals surface area contributed by atoms with E-state index in [1.165, 1.54) is 0 Å². The Morgan fingerprint density at radius 3 is 2.57 bits per heavy atom. The van der Waals surface area contributed by atoms with Crippen LogP contribution in [0.25, 0.3) is 0 Å². The van der Waals surface area contributed by atoms with Gasteiger partial charge < -0.3 is 15.5 Å². The number of carbonyl (C=O) groups is 1. The van der Waals surface area contributed by atoms with Gasteiger partial charge in [-0.25, -0.2) is 0 Å². The van der Waals surface area contributed by atoms with Crippen LogP contribution in [0.4, 0.5) is 11.4 Å². The number of carbonyl (C=O) groups excluding carboxylic acids is 1. The molecule has 0 unspecified atom stereocenters. The Kier molecular flexibility index (Phi) is 4.49. The number of anilines is 2. The van der Waals surface area contributed by atoms with E-state index in [2.05, 4.69) is 21.6 Å². The number of hydrogen-bond acceptors (Lipinski definition) is 4. The van der Waals surface area contributed by atoms with Gasteiger partial charge in [-0.3, -0.25) is 4.79 Å². The summed E-state index contributed by atoms with van der Waals surface area (Å²) in [4.78, 5) is 14.2. The van der Waals surface area contributed by atoms with Crippen LogP contribution >= 0.6 is 0 Å². The largest absolute Gasteiger partial charge is 0.368 e. The molecule has 5 nitrogen and oxygen atoms in total. The molecular weight excluding hydrogens is 264 g/mol. The highest BCUT2D eigenvalue weighted by atomic mass is 16.2. The maximum Gasteiger partial charge on any atom is 0.229 e. The fourth-order valence-electron chi connectivity index (χ4n) is 2.20. The number of nitriles is 1. The Bertz CT molecular complexity index is 563. The molecule has 5 heteroatoms.